The maximum Gasteiger partial charge on any atom is 1.00 e. The van der Waals surface area contributed by atoms with Gasteiger partial charge in [0.15, 0.2) is 5.71 Å². The summed E-state index contributed by atoms with van der Waals surface area (Å²) < 4.78 is 4.83. The Morgan fingerprint density at radius 1 is 1.41 bits per heavy atom. The SMILES string of the molecule is CC(=O)OCC1=C(C(=O)[O-])N2C(=O)[C@@H](NC(=O)C(=NO)c3ccc(O)c(Cl)c3)[C@H]2SC1.[Na+]. The number of carboxylic acid groups (broad SMARTS) is 1. The second kappa shape index (κ2) is 10.6. The number of thioether (sulfide) groups is 1. The number of β-lactam (4-membered cyclic amide) rings is 1. The number of aliphatic carboxylic acids is 1. The van der Waals surface area contributed by atoms with E-state index in [1.165, 1.54) is 25.1 Å². The molecule has 0 spiro atoms. The number of amides is 2. The first-order valence-corrected chi connectivity index (χ1v) is 10.1. The number of hydrogen-bond donors (Lipinski definition) is 3. The number of hydrogen-bond acceptors (Lipinski definition) is 10. The zero-order valence-electron chi connectivity index (χ0n) is 16.8. The van der Waals surface area contributed by atoms with Gasteiger partial charge >= 0.3 is 35.5 Å². The third kappa shape index (κ3) is 5.04. The first kappa shape index (κ1) is 26.0. The molecular weight excluding hydrogens is 477 g/mol. The molecule has 0 unspecified atom stereocenters. The van der Waals surface area contributed by atoms with Crippen LogP contribution in [0, 0.1) is 0 Å². The van der Waals surface area contributed by atoms with Gasteiger partial charge in [-0.3, -0.25) is 19.3 Å². The van der Waals surface area contributed by atoms with E-state index in [9.17, 15) is 34.6 Å². The Labute approximate surface area is 212 Å². The number of phenolic OH excluding ortho intramolecular Hbond substituents is 1. The van der Waals surface area contributed by atoms with Crippen LogP contribution in [-0.4, -0.2) is 68.5 Å². The predicted octanol–water partition coefficient (Wildman–Crippen LogP) is -3.81. The molecule has 3 N–H and O–H groups in total. The van der Waals surface area contributed by atoms with Crippen molar-refractivity contribution in [1.29, 1.82) is 0 Å². The summed E-state index contributed by atoms with van der Waals surface area (Å²) in [4.78, 5) is 48.7. The van der Waals surface area contributed by atoms with E-state index in [1.54, 1.807) is 0 Å². The fraction of sp³-hybridized carbons (Fsp3) is 0.278. The van der Waals surface area contributed by atoms with Gasteiger partial charge in [0.25, 0.3) is 11.8 Å². The van der Waals surface area contributed by atoms with Crippen LogP contribution >= 0.6 is 23.4 Å². The van der Waals surface area contributed by atoms with E-state index < -0.39 is 46.6 Å². The number of carbonyl (C=O) groups is 4. The third-order valence-electron chi connectivity index (χ3n) is 4.51. The molecule has 1 fully saturated rings. The molecule has 32 heavy (non-hydrogen) atoms. The zero-order chi connectivity index (χ0) is 22.9. The number of ether oxygens (including phenoxy) is 1. The second-order valence-corrected chi connectivity index (χ2v) is 8.01. The monoisotopic (exact) mass is 491 g/mol. The molecule has 2 atom stereocenters. The van der Waals surface area contributed by atoms with Gasteiger partial charge in [-0.15, -0.1) is 11.8 Å². The molecule has 2 aliphatic rings. The first-order chi connectivity index (χ1) is 14.6. The van der Waals surface area contributed by atoms with Crippen LogP contribution in [0.15, 0.2) is 34.6 Å². The molecule has 0 bridgehead atoms. The van der Waals surface area contributed by atoms with Gasteiger partial charge in [-0.05, 0) is 18.2 Å². The number of benzene rings is 1. The van der Waals surface area contributed by atoms with Crippen LogP contribution in [0.5, 0.6) is 5.75 Å². The number of rotatable bonds is 6. The van der Waals surface area contributed by atoms with Crippen molar-refractivity contribution in [3.8, 4) is 5.75 Å². The Bertz CT molecular complexity index is 1050. The van der Waals surface area contributed by atoms with Gasteiger partial charge in [0.05, 0.1) is 16.7 Å². The molecule has 1 saturated heterocycles. The Morgan fingerprint density at radius 3 is 2.66 bits per heavy atom. The fourth-order valence-electron chi connectivity index (χ4n) is 3.07. The van der Waals surface area contributed by atoms with Crippen molar-refractivity contribution in [3.05, 3.63) is 40.1 Å². The van der Waals surface area contributed by atoms with E-state index in [1.807, 2.05) is 0 Å². The molecule has 0 radical (unpaired) electrons. The van der Waals surface area contributed by atoms with Crippen molar-refractivity contribution in [1.82, 2.24) is 10.2 Å². The number of fused-ring (bicyclic) bond motifs is 1. The standard InChI is InChI=1S/C18H16ClN3O8S.Na/c1-7(23)30-5-9-6-31-17-13(16(26)22(17)14(9)18(27)28)20-15(25)12(21-29)8-2-3-11(24)10(19)4-8;/h2-4,13,17,24,29H,5-6H2,1H3,(H,20,25)(H,27,28);/q;+1/p-1/t13-,17-;/m1./s1. The number of nitrogens with zero attached hydrogens (tertiary/aromatic N) is 2. The number of esters is 1. The molecule has 2 amide bonds. The van der Waals surface area contributed by atoms with Crippen LogP contribution in [0.25, 0.3) is 0 Å². The number of phenols is 1. The molecule has 14 heteroatoms. The van der Waals surface area contributed by atoms with Crippen LogP contribution in [-0.2, 0) is 23.9 Å². The molecule has 1 aromatic carbocycles. The number of aromatic hydroxyl groups is 1. The molecule has 0 aliphatic carbocycles. The van der Waals surface area contributed by atoms with Crippen molar-refractivity contribution in [3.63, 3.8) is 0 Å². The van der Waals surface area contributed by atoms with Crippen molar-refractivity contribution in [2.75, 3.05) is 12.4 Å². The number of halogens is 1. The minimum absolute atomic E-state index is 0. The van der Waals surface area contributed by atoms with Gasteiger partial charge in [0, 0.05) is 23.8 Å². The van der Waals surface area contributed by atoms with Crippen LogP contribution < -0.4 is 40.0 Å². The molecule has 11 nitrogen and oxygen atoms in total. The maximum absolute atomic E-state index is 12.6. The number of carbonyl (C=O) groups excluding carboxylic acids is 4. The first-order valence-electron chi connectivity index (χ1n) is 8.69. The van der Waals surface area contributed by atoms with Gasteiger partial charge < -0.3 is 30.3 Å². The molecule has 1 aromatic rings. The van der Waals surface area contributed by atoms with E-state index in [4.69, 9.17) is 16.3 Å². The predicted molar refractivity (Wildman–Crippen MR) is 105 cm³/mol. The van der Waals surface area contributed by atoms with E-state index in [2.05, 4.69) is 10.5 Å². The molecule has 164 valence electrons. The van der Waals surface area contributed by atoms with Crippen LogP contribution in [0.4, 0.5) is 0 Å². The van der Waals surface area contributed by atoms with Crippen LogP contribution in [0.3, 0.4) is 0 Å². The van der Waals surface area contributed by atoms with E-state index >= 15 is 0 Å². The topological polar surface area (TPSA) is 169 Å². The Hall–Kier alpha value is -2.25. The molecule has 2 aliphatic heterocycles. The largest absolute Gasteiger partial charge is 1.00 e. The normalized spacial score (nSPS) is 20.0. The number of carboxylic acids is 1. The minimum atomic E-state index is -1.61. The van der Waals surface area contributed by atoms with Crippen molar-refractivity contribution in [2.24, 2.45) is 5.16 Å². The fourth-order valence-corrected chi connectivity index (χ4v) is 4.58. The average molecular weight is 492 g/mol. The molecule has 2 heterocycles. The number of nitrogens with one attached hydrogen (secondary N) is 1. The van der Waals surface area contributed by atoms with E-state index in [-0.39, 0.29) is 63.8 Å². The van der Waals surface area contributed by atoms with E-state index in [0.29, 0.717) is 0 Å². The summed E-state index contributed by atoms with van der Waals surface area (Å²) in [5.41, 5.74) is -0.574. The Morgan fingerprint density at radius 2 is 2.09 bits per heavy atom. The summed E-state index contributed by atoms with van der Waals surface area (Å²) in [7, 11) is 0. The average Bonchev–Trinajstić information content (AvgIpc) is 2.72. The maximum atomic E-state index is 12.6. The summed E-state index contributed by atoms with van der Waals surface area (Å²) in [5.74, 6) is -3.95. The van der Waals surface area contributed by atoms with Crippen molar-refractivity contribution < 1.29 is 68.9 Å². The summed E-state index contributed by atoms with van der Waals surface area (Å²) >= 11 is 6.96. The van der Waals surface area contributed by atoms with Gasteiger partial charge in [0.1, 0.15) is 23.8 Å². The van der Waals surface area contributed by atoms with Crippen molar-refractivity contribution >= 4 is 52.8 Å². The van der Waals surface area contributed by atoms with Gasteiger partial charge in [-0.1, -0.05) is 16.8 Å². The summed E-state index contributed by atoms with van der Waals surface area (Å²) in [6.07, 6.45) is 0. The summed E-state index contributed by atoms with van der Waals surface area (Å²) in [6, 6.07) is 2.60. The Kier molecular flexibility index (Phi) is 8.60. The summed E-state index contributed by atoms with van der Waals surface area (Å²) in [6.45, 7) is 0.863. The second-order valence-electron chi connectivity index (χ2n) is 6.50. The van der Waals surface area contributed by atoms with Gasteiger partial charge in [-0.2, -0.15) is 0 Å². The van der Waals surface area contributed by atoms with Crippen molar-refractivity contribution in [2.45, 2.75) is 18.3 Å². The minimum Gasteiger partial charge on any atom is -0.543 e. The third-order valence-corrected chi connectivity index (χ3v) is 6.16. The van der Waals surface area contributed by atoms with Gasteiger partial charge in [0.2, 0.25) is 0 Å². The molecular formula is C18H15ClN3NaO8S. The number of oxime groups is 1. The van der Waals surface area contributed by atoms with Crippen LogP contribution in [0.1, 0.15) is 12.5 Å². The van der Waals surface area contributed by atoms with Crippen LogP contribution in [0.2, 0.25) is 5.02 Å². The Balaban J connectivity index is 0.00000363. The van der Waals surface area contributed by atoms with E-state index in [0.717, 1.165) is 16.7 Å². The smallest absolute Gasteiger partial charge is 0.543 e. The molecule has 0 aromatic heterocycles. The molecule has 0 saturated carbocycles. The molecule has 3 rings (SSSR count). The van der Waals surface area contributed by atoms with Gasteiger partial charge in [-0.25, -0.2) is 0 Å². The summed E-state index contributed by atoms with van der Waals surface area (Å²) in [5, 5.41) is 34.8. The zero-order valence-corrected chi connectivity index (χ0v) is 20.4. The quantitative estimate of drug-likeness (QED) is 0.0901.